The molecule has 3 N–H and O–H groups in total. The van der Waals surface area contributed by atoms with E-state index in [0.29, 0.717) is 11.5 Å². The van der Waals surface area contributed by atoms with Gasteiger partial charge in [-0.25, -0.2) is 9.78 Å². The summed E-state index contributed by atoms with van der Waals surface area (Å²) < 4.78 is 0. The van der Waals surface area contributed by atoms with Crippen molar-refractivity contribution in [2.24, 2.45) is 0 Å². The van der Waals surface area contributed by atoms with Crippen molar-refractivity contribution in [1.29, 1.82) is 0 Å². The van der Waals surface area contributed by atoms with Crippen LogP contribution in [-0.2, 0) is 4.79 Å². The van der Waals surface area contributed by atoms with Crippen molar-refractivity contribution in [2.75, 3.05) is 5.73 Å². The van der Waals surface area contributed by atoms with Crippen LogP contribution in [0.15, 0.2) is 18.2 Å². The van der Waals surface area contributed by atoms with Crippen molar-refractivity contribution in [3.05, 3.63) is 29.5 Å². The van der Waals surface area contributed by atoms with Crippen LogP contribution in [0.1, 0.15) is 11.3 Å². The van der Waals surface area contributed by atoms with E-state index in [4.69, 9.17) is 10.8 Å². The number of carboxylic acid groups (broad SMARTS) is 1. The van der Waals surface area contributed by atoms with Crippen molar-refractivity contribution in [1.82, 2.24) is 4.98 Å². The molecule has 4 nitrogen and oxygen atoms in total. The number of aromatic nitrogens is 1. The second-order valence-electron chi connectivity index (χ2n) is 2.67. The summed E-state index contributed by atoms with van der Waals surface area (Å²) in [6.45, 7) is 1.87. The third-order valence-corrected chi connectivity index (χ3v) is 1.41. The fraction of sp³-hybridized carbons (Fsp3) is 0.111. The van der Waals surface area contributed by atoms with Gasteiger partial charge in [0.15, 0.2) is 0 Å². The maximum atomic E-state index is 10.2. The van der Waals surface area contributed by atoms with E-state index in [0.717, 1.165) is 11.6 Å². The molecule has 0 aliphatic heterocycles. The summed E-state index contributed by atoms with van der Waals surface area (Å²) in [5.41, 5.74) is 6.98. The van der Waals surface area contributed by atoms with E-state index in [9.17, 15) is 4.79 Å². The summed E-state index contributed by atoms with van der Waals surface area (Å²) in [5, 5.41) is 8.37. The number of aliphatic carboxylic acids is 1. The summed E-state index contributed by atoms with van der Waals surface area (Å²) in [4.78, 5) is 14.1. The highest BCUT2D eigenvalue weighted by molar-refractivity contribution is 5.84. The molecule has 0 radical (unpaired) electrons. The number of hydrogen-bond acceptors (Lipinski definition) is 3. The molecule has 0 atom stereocenters. The molecule has 1 rings (SSSR count). The number of nitrogens with two attached hydrogens (primary N) is 1. The molecule has 0 fully saturated rings. The van der Waals surface area contributed by atoms with Crippen LogP contribution in [0, 0.1) is 6.92 Å². The average molecular weight is 178 g/mol. The van der Waals surface area contributed by atoms with E-state index in [1.54, 1.807) is 12.1 Å². The number of carboxylic acids is 1. The lowest BCUT2D eigenvalue weighted by Gasteiger charge is -1.97. The highest BCUT2D eigenvalue weighted by atomic mass is 16.4. The quantitative estimate of drug-likeness (QED) is 0.664. The number of carbonyl (C=O) groups is 1. The van der Waals surface area contributed by atoms with E-state index in [1.807, 2.05) is 6.92 Å². The van der Waals surface area contributed by atoms with Crippen molar-refractivity contribution >= 4 is 17.9 Å². The monoisotopic (exact) mass is 178 g/mol. The summed E-state index contributed by atoms with van der Waals surface area (Å²) >= 11 is 0. The molecule has 1 heterocycles. The van der Waals surface area contributed by atoms with Gasteiger partial charge in [-0.1, -0.05) is 0 Å². The summed E-state index contributed by atoms with van der Waals surface area (Å²) in [6, 6.07) is 3.48. The molecule has 0 amide bonds. The minimum Gasteiger partial charge on any atom is -0.478 e. The standard InChI is InChI=1S/C9H10N2O2/c1-6-4-7(2-3-9(12)13)11-8(10)5-6/h2-5H,1H3,(H2,10,11)(H,12,13). The number of pyridine rings is 1. The first-order valence-corrected chi connectivity index (χ1v) is 3.73. The Labute approximate surface area is 75.7 Å². The number of rotatable bonds is 2. The second kappa shape index (κ2) is 3.71. The van der Waals surface area contributed by atoms with E-state index >= 15 is 0 Å². The molecule has 0 aromatic carbocycles. The summed E-state index contributed by atoms with van der Waals surface area (Å²) in [7, 11) is 0. The van der Waals surface area contributed by atoms with Crippen LogP contribution in [0.25, 0.3) is 6.08 Å². The van der Waals surface area contributed by atoms with Crippen LogP contribution >= 0.6 is 0 Å². The summed E-state index contributed by atoms with van der Waals surface area (Å²) in [6.07, 6.45) is 2.44. The van der Waals surface area contributed by atoms with Gasteiger partial charge in [0.2, 0.25) is 0 Å². The van der Waals surface area contributed by atoms with E-state index in [1.165, 1.54) is 6.08 Å². The fourth-order valence-corrected chi connectivity index (χ4v) is 0.964. The molecule has 13 heavy (non-hydrogen) atoms. The molecule has 0 saturated carbocycles. The van der Waals surface area contributed by atoms with Crippen molar-refractivity contribution < 1.29 is 9.90 Å². The average Bonchev–Trinajstić information content (AvgIpc) is 1.99. The van der Waals surface area contributed by atoms with Crippen LogP contribution in [-0.4, -0.2) is 16.1 Å². The van der Waals surface area contributed by atoms with Crippen molar-refractivity contribution in [2.45, 2.75) is 6.92 Å². The highest BCUT2D eigenvalue weighted by Gasteiger charge is 1.94. The Bertz CT molecular complexity index is 338. The highest BCUT2D eigenvalue weighted by Crippen LogP contribution is 2.07. The van der Waals surface area contributed by atoms with Crippen LogP contribution < -0.4 is 5.73 Å². The molecule has 0 bridgehead atoms. The Morgan fingerprint density at radius 2 is 2.31 bits per heavy atom. The molecule has 0 saturated heterocycles. The lowest BCUT2D eigenvalue weighted by molar-refractivity contribution is -0.131. The van der Waals surface area contributed by atoms with Gasteiger partial charge in [0.1, 0.15) is 5.82 Å². The van der Waals surface area contributed by atoms with Gasteiger partial charge in [-0.2, -0.15) is 0 Å². The molecule has 0 aliphatic carbocycles. The minimum atomic E-state index is -0.998. The zero-order chi connectivity index (χ0) is 9.84. The Morgan fingerprint density at radius 3 is 2.85 bits per heavy atom. The Kier molecular flexibility index (Phi) is 2.64. The molecule has 68 valence electrons. The van der Waals surface area contributed by atoms with Gasteiger partial charge < -0.3 is 10.8 Å². The predicted octanol–water partition coefficient (Wildman–Crippen LogP) is 1.07. The smallest absolute Gasteiger partial charge is 0.328 e. The van der Waals surface area contributed by atoms with Crippen LogP contribution in [0.3, 0.4) is 0 Å². The van der Waals surface area contributed by atoms with Gasteiger partial charge in [-0.05, 0) is 30.7 Å². The third-order valence-electron chi connectivity index (χ3n) is 1.41. The Morgan fingerprint density at radius 1 is 1.62 bits per heavy atom. The number of hydrogen-bond donors (Lipinski definition) is 2. The number of aryl methyl sites for hydroxylation is 1. The van der Waals surface area contributed by atoms with Gasteiger partial charge in [0, 0.05) is 6.08 Å². The topological polar surface area (TPSA) is 76.2 Å². The Hall–Kier alpha value is -1.84. The lowest BCUT2D eigenvalue weighted by atomic mass is 10.2. The molecule has 0 aliphatic rings. The van der Waals surface area contributed by atoms with E-state index in [2.05, 4.69) is 4.98 Å². The molecule has 1 aromatic rings. The van der Waals surface area contributed by atoms with Crippen molar-refractivity contribution in [3.63, 3.8) is 0 Å². The van der Waals surface area contributed by atoms with Crippen LogP contribution in [0.5, 0.6) is 0 Å². The fourth-order valence-electron chi connectivity index (χ4n) is 0.964. The number of anilines is 1. The molecular weight excluding hydrogens is 168 g/mol. The largest absolute Gasteiger partial charge is 0.478 e. The van der Waals surface area contributed by atoms with Gasteiger partial charge in [-0.3, -0.25) is 0 Å². The number of nitrogens with zero attached hydrogens (tertiary/aromatic N) is 1. The molecule has 4 heteroatoms. The molecular formula is C9H10N2O2. The predicted molar refractivity (Wildman–Crippen MR) is 50.1 cm³/mol. The van der Waals surface area contributed by atoms with Gasteiger partial charge in [-0.15, -0.1) is 0 Å². The first-order valence-electron chi connectivity index (χ1n) is 3.73. The molecule has 0 unspecified atom stereocenters. The van der Waals surface area contributed by atoms with Crippen LogP contribution in [0.4, 0.5) is 5.82 Å². The number of nitrogen functional groups attached to an aromatic ring is 1. The van der Waals surface area contributed by atoms with E-state index in [-0.39, 0.29) is 0 Å². The zero-order valence-electron chi connectivity index (χ0n) is 7.19. The lowest BCUT2D eigenvalue weighted by Crippen LogP contribution is -1.93. The van der Waals surface area contributed by atoms with Gasteiger partial charge >= 0.3 is 5.97 Å². The van der Waals surface area contributed by atoms with E-state index < -0.39 is 5.97 Å². The summed E-state index contributed by atoms with van der Waals surface area (Å²) in [5.74, 6) is -0.605. The third kappa shape index (κ3) is 2.94. The normalized spacial score (nSPS) is 10.5. The SMILES string of the molecule is Cc1cc(N)nc(C=CC(=O)O)c1. The maximum Gasteiger partial charge on any atom is 0.328 e. The molecule has 1 aromatic heterocycles. The zero-order valence-corrected chi connectivity index (χ0v) is 7.19. The minimum absolute atomic E-state index is 0.394. The second-order valence-corrected chi connectivity index (χ2v) is 2.67. The van der Waals surface area contributed by atoms with Gasteiger partial charge in [0.25, 0.3) is 0 Å². The maximum absolute atomic E-state index is 10.2. The van der Waals surface area contributed by atoms with Gasteiger partial charge in [0.05, 0.1) is 5.69 Å². The van der Waals surface area contributed by atoms with Crippen molar-refractivity contribution in [3.8, 4) is 0 Å². The Balaban J connectivity index is 2.95. The molecule has 0 spiro atoms. The van der Waals surface area contributed by atoms with Crippen LogP contribution in [0.2, 0.25) is 0 Å². The first kappa shape index (κ1) is 9.25. The first-order chi connectivity index (χ1) is 6.08.